The number of hydrogen-bond acceptors (Lipinski definition) is 4. The van der Waals surface area contributed by atoms with E-state index in [0.717, 1.165) is 33.4 Å². The Labute approximate surface area is 236 Å². The summed E-state index contributed by atoms with van der Waals surface area (Å²) in [7, 11) is 1.41. The number of nitrogens with one attached hydrogen (secondary N) is 1. The van der Waals surface area contributed by atoms with Crippen molar-refractivity contribution in [2.24, 2.45) is 0 Å². The molecule has 0 aliphatic heterocycles. The van der Waals surface area contributed by atoms with E-state index < -0.39 is 11.6 Å². The minimum atomic E-state index is -0.820. The topological polar surface area (TPSA) is 47.6 Å². The number of carbonyl (C=O) groups is 1. The van der Waals surface area contributed by atoms with E-state index in [2.05, 4.69) is 66.0 Å². The zero-order valence-electron chi connectivity index (χ0n) is 22.6. The first kappa shape index (κ1) is 27.1. The SMILES string of the molecule is COC(=O)C(COCc1cccc(-c2ccccc2)c1)NC(c1ccccc1)(c1ccccc1)c1ccccc1. The Morgan fingerprint density at radius 1 is 0.650 bits per heavy atom. The third-order valence-corrected chi connectivity index (χ3v) is 7.08. The lowest BCUT2D eigenvalue weighted by Gasteiger charge is -2.39. The van der Waals surface area contributed by atoms with Gasteiger partial charge in [-0.2, -0.15) is 0 Å². The van der Waals surface area contributed by atoms with Gasteiger partial charge in [-0.1, -0.05) is 140 Å². The molecule has 1 unspecified atom stereocenters. The average molecular weight is 528 g/mol. The minimum Gasteiger partial charge on any atom is -0.468 e. The molecule has 0 fully saturated rings. The van der Waals surface area contributed by atoms with Gasteiger partial charge in [0.1, 0.15) is 6.04 Å². The van der Waals surface area contributed by atoms with Gasteiger partial charge in [0.15, 0.2) is 0 Å². The predicted molar refractivity (Wildman–Crippen MR) is 160 cm³/mol. The Kier molecular flexibility index (Phi) is 8.82. The maximum absolute atomic E-state index is 13.2. The highest BCUT2D eigenvalue weighted by Crippen LogP contribution is 2.37. The first-order valence-corrected chi connectivity index (χ1v) is 13.4. The van der Waals surface area contributed by atoms with Crippen molar-refractivity contribution in [2.45, 2.75) is 18.2 Å². The lowest BCUT2D eigenvalue weighted by Crippen LogP contribution is -2.54. The molecule has 200 valence electrons. The summed E-state index contributed by atoms with van der Waals surface area (Å²) in [5, 5.41) is 3.69. The van der Waals surface area contributed by atoms with Crippen LogP contribution < -0.4 is 5.32 Å². The van der Waals surface area contributed by atoms with Gasteiger partial charge in [-0.3, -0.25) is 10.1 Å². The average Bonchev–Trinajstić information content (AvgIpc) is 3.04. The van der Waals surface area contributed by atoms with E-state index >= 15 is 0 Å². The third kappa shape index (κ3) is 6.04. The first-order valence-electron chi connectivity index (χ1n) is 13.4. The monoisotopic (exact) mass is 527 g/mol. The van der Waals surface area contributed by atoms with Crippen molar-refractivity contribution in [3.63, 3.8) is 0 Å². The van der Waals surface area contributed by atoms with E-state index in [-0.39, 0.29) is 12.6 Å². The van der Waals surface area contributed by atoms with Gasteiger partial charge in [0.2, 0.25) is 0 Å². The van der Waals surface area contributed by atoms with Gasteiger partial charge in [0.25, 0.3) is 0 Å². The van der Waals surface area contributed by atoms with Gasteiger partial charge in [-0.25, -0.2) is 0 Å². The van der Waals surface area contributed by atoms with Gasteiger partial charge in [0, 0.05) is 0 Å². The summed E-state index contributed by atoms with van der Waals surface area (Å²) < 4.78 is 11.5. The van der Waals surface area contributed by atoms with Crippen molar-refractivity contribution >= 4 is 5.97 Å². The van der Waals surface area contributed by atoms with Gasteiger partial charge in [0.05, 0.1) is 25.9 Å². The fourth-order valence-corrected chi connectivity index (χ4v) is 5.15. The van der Waals surface area contributed by atoms with Crippen LogP contribution in [0.1, 0.15) is 22.3 Å². The van der Waals surface area contributed by atoms with Crippen LogP contribution in [-0.4, -0.2) is 25.7 Å². The van der Waals surface area contributed by atoms with Crippen molar-refractivity contribution in [3.05, 3.63) is 168 Å². The summed E-state index contributed by atoms with van der Waals surface area (Å²) in [6.45, 7) is 0.501. The van der Waals surface area contributed by atoms with Gasteiger partial charge in [-0.15, -0.1) is 0 Å². The molecule has 0 saturated carbocycles. The molecule has 5 aromatic carbocycles. The molecule has 0 amide bonds. The summed E-state index contributed by atoms with van der Waals surface area (Å²) in [6, 6.07) is 48.4. The van der Waals surface area contributed by atoms with E-state index in [4.69, 9.17) is 9.47 Å². The molecular weight excluding hydrogens is 494 g/mol. The number of hydrogen-bond donors (Lipinski definition) is 1. The Balaban J connectivity index is 1.46. The molecule has 0 radical (unpaired) electrons. The van der Waals surface area contributed by atoms with E-state index in [1.165, 1.54) is 7.11 Å². The molecule has 1 atom stereocenters. The molecule has 4 nitrogen and oxygen atoms in total. The van der Waals surface area contributed by atoms with Crippen molar-refractivity contribution in [2.75, 3.05) is 13.7 Å². The first-order chi connectivity index (χ1) is 19.7. The van der Waals surface area contributed by atoms with Crippen LogP contribution in [-0.2, 0) is 26.4 Å². The summed E-state index contributed by atoms with van der Waals surface area (Å²) in [5.74, 6) is -0.384. The maximum Gasteiger partial charge on any atom is 0.325 e. The van der Waals surface area contributed by atoms with Crippen LogP contribution in [0.2, 0.25) is 0 Å². The van der Waals surface area contributed by atoms with Crippen LogP contribution in [0.4, 0.5) is 0 Å². The lowest BCUT2D eigenvalue weighted by molar-refractivity contribution is -0.145. The molecular formula is C36H33NO3. The molecule has 0 aliphatic carbocycles. The highest BCUT2D eigenvalue weighted by atomic mass is 16.5. The van der Waals surface area contributed by atoms with Gasteiger partial charge in [-0.05, 0) is 39.4 Å². The van der Waals surface area contributed by atoms with E-state index in [1.807, 2.05) is 84.9 Å². The van der Waals surface area contributed by atoms with E-state index in [9.17, 15) is 4.79 Å². The van der Waals surface area contributed by atoms with Crippen LogP contribution >= 0.6 is 0 Å². The second-order valence-corrected chi connectivity index (χ2v) is 9.65. The lowest BCUT2D eigenvalue weighted by atomic mass is 9.76. The van der Waals surface area contributed by atoms with Gasteiger partial charge >= 0.3 is 5.97 Å². The number of rotatable bonds is 11. The third-order valence-electron chi connectivity index (χ3n) is 7.08. The summed E-state index contributed by atoms with van der Waals surface area (Å²) in [6.07, 6.45) is 0. The smallest absolute Gasteiger partial charge is 0.325 e. The molecule has 4 heteroatoms. The molecule has 5 aromatic rings. The highest BCUT2D eigenvalue weighted by Gasteiger charge is 2.40. The highest BCUT2D eigenvalue weighted by molar-refractivity contribution is 5.76. The number of carbonyl (C=O) groups excluding carboxylic acids is 1. The Bertz CT molecular complexity index is 1390. The van der Waals surface area contributed by atoms with Gasteiger partial charge < -0.3 is 9.47 Å². The number of esters is 1. The van der Waals surface area contributed by atoms with Crippen LogP contribution in [0.5, 0.6) is 0 Å². The summed E-state index contributed by atoms with van der Waals surface area (Å²) in [4.78, 5) is 13.2. The van der Waals surface area contributed by atoms with Crippen LogP contribution in [0, 0.1) is 0 Å². The molecule has 0 saturated heterocycles. The largest absolute Gasteiger partial charge is 0.468 e. The Hall–Kier alpha value is -4.51. The normalized spacial score (nSPS) is 12.0. The minimum absolute atomic E-state index is 0.135. The predicted octanol–water partition coefficient (Wildman–Crippen LogP) is 6.99. The molecule has 0 spiro atoms. The van der Waals surface area contributed by atoms with Crippen molar-refractivity contribution < 1.29 is 14.3 Å². The second kappa shape index (κ2) is 13.0. The molecule has 0 aliphatic rings. The summed E-state index contributed by atoms with van der Waals surface area (Å²) >= 11 is 0. The maximum atomic E-state index is 13.2. The standard InChI is InChI=1S/C36H33NO3/c1-39-35(38)34(27-40-26-28-15-14-18-30(25-28)29-16-6-2-7-17-29)37-36(31-19-8-3-9-20-31,32-21-10-4-11-22-32)33-23-12-5-13-24-33/h2-25,34,37H,26-27H2,1H3. The number of benzene rings is 5. The molecule has 0 heterocycles. The van der Waals surface area contributed by atoms with E-state index in [0.29, 0.717) is 6.61 Å². The zero-order chi connectivity index (χ0) is 27.6. The molecule has 5 rings (SSSR count). The van der Waals surface area contributed by atoms with Crippen LogP contribution in [0.25, 0.3) is 11.1 Å². The van der Waals surface area contributed by atoms with Crippen molar-refractivity contribution in [1.82, 2.24) is 5.32 Å². The summed E-state index contributed by atoms with van der Waals surface area (Å²) in [5.41, 5.74) is 5.52. The zero-order valence-corrected chi connectivity index (χ0v) is 22.6. The Morgan fingerprint density at radius 2 is 1.12 bits per heavy atom. The molecule has 0 bridgehead atoms. The molecule has 0 aromatic heterocycles. The van der Waals surface area contributed by atoms with Crippen molar-refractivity contribution in [1.29, 1.82) is 0 Å². The van der Waals surface area contributed by atoms with Crippen LogP contribution in [0.3, 0.4) is 0 Å². The van der Waals surface area contributed by atoms with Crippen molar-refractivity contribution in [3.8, 4) is 11.1 Å². The van der Waals surface area contributed by atoms with Crippen LogP contribution in [0.15, 0.2) is 146 Å². The number of ether oxygens (including phenoxy) is 2. The fourth-order valence-electron chi connectivity index (χ4n) is 5.15. The fraction of sp³-hybridized carbons (Fsp3) is 0.139. The van der Waals surface area contributed by atoms with E-state index in [1.54, 1.807) is 0 Å². The number of methoxy groups -OCH3 is 1. The second-order valence-electron chi connectivity index (χ2n) is 9.65. The quantitative estimate of drug-likeness (QED) is 0.149. The molecule has 1 N–H and O–H groups in total. The Morgan fingerprint density at radius 3 is 1.62 bits per heavy atom. The molecule has 40 heavy (non-hydrogen) atoms.